The molecule has 0 aliphatic rings. The van der Waals surface area contributed by atoms with Crippen LogP contribution in [0.15, 0.2) is 34.9 Å². The van der Waals surface area contributed by atoms with Crippen molar-refractivity contribution in [1.82, 2.24) is 15.2 Å². The van der Waals surface area contributed by atoms with Crippen molar-refractivity contribution in [3.05, 3.63) is 53.2 Å². The lowest BCUT2D eigenvalue weighted by atomic mass is 9.87. The van der Waals surface area contributed by atoms with Crippen molar-refractivity contribution < 1.29 is 9.21 Å². The first kappa shape index (κ1) is 22.2. The van der Waals surface area contributed by atoms with Gasteiger partial charge >= 0.3 is 0 Å². The van der Waals surface area contributed by atoms with E-state index in [-0.39, 0.29) is 17.4 Å². The number of aromatic nitrogens is 1. The molecule has 0 bridgehead atoms. The molecule has 0 saturated carbocycles. The van der Waals surface area contributed by atoms with Crippen LogP contribution in [0.1, 0.15) is 82.4 Å². The SMILES string of the molecule is CCC(C)NC(=O)c1coc(CN(Cc2ccc(C(C)(C)C)cc2)C(C)C)n1. The molecule has 1 aromatic carbocycles. The molecule has 1 N–H and O–H groups in total. The van der Waals surface area contributed by atoms with E-state index in [9.17, 15) is 4.79 Å². The number of nitrogens with zero attached hydrogens (tertiary/aromatic N) is 2. The standard InChI is InChI=1S/C23H35N3O2/c1-8-17(4)24-22(27)20-15-28-21(25-20)14-26(16(2)3)13-18-9-11-19(12-10-18)23(5,6)7/h9-12,15-17H,8,13-14H2,1-7H3,(H,24,27). The van der Waals surface area contributed by atoms with Gasteiger partial charge in [0.2, 0.25) is 5.89 Å². The number of carbonyl (C=O) groups is 1. The third-order valence-corrected chi connectivity index (χ3v) is 5.05. The number of carbonyl (C=O) groups excluding carboxylic acids is 1. The predicted molar refractivity (Wildman–Crippen MR) is 113 cm³/mol. The minimum Gasteiger partial charge on any atom is -0.447 e. The summed E-state index contributed by atoms with van der Waals surface area (Å²) in [6.07, 6.45) is 2.33. The Morgan fingerprint density at radius 1 is 1.14 bits per heavy atom. The van der Waals surface area contributed by atoms with Crippen molar-refractivity contribution in [2.45, 2.75) is 85.5 Å². The average Bonchev–Trinajstić information content (AvgIpc) is 3.09. The lowest BCUT2D eigenvalue weighted by molar-refractivity contribution is 0.0934. The van der Waals surface area contributed by atoms with Crippen LogP contribution >= 0.6 is 0 Å². The molecule has 2 rings (SSSR count). The molecule has 1 unspecified atom stereocenters. The Balaban J connectivity index is 2.04. The van der Waals surface area contributed by atoms with Crippen molar-refractivity contribution in [2.75, 3.05) is 0 Å². The maximum atomic E-state index is 12.2. The summed E-state index contributed by atoms with van der Waals surface area (Å²) >= 11 is 0. The fraction of sp³-hybridized carbons (Fsp3) is 0.565. The minimum absolute atomic E-state index is 0.121. The minimum atomic E-state index is -0.182. The monoisotopic (exact) mass is 385 g/mol. The molecule has 0 fully saturated rings. The van der Waals surface area contributed by atoms with Gasteiger partial charge in [0.1, 0.15) is 6.26 Å². The van der Waals surface area contributed by atoms with Gasteiger partial charge in [-0.05, 0) is 43.7 Å². The van der Waals surface area contributed by atoms with E-state index < -0.39 is 0 Å². The second-order valence-corrected chi connectivity index (χ2v) is 8.85. The highest BCUT2D eigenvalue weighted by molar-refractivity contribution is 5.92. The largest absolute Gasteiger partial charge is 0.447 e. The summed E-state index contributed by atoms with van der Waals surface area (Å²) in [5, 5.41) is 2.92. The fourth-order valence-electron chi connectivity index (χ4n) is 2.83. The van der Waals surface area contributed by atoms with Crippen LogP contribution in [0.2, 0.25) is 0 Å². The number of benzene rings is 1. The molecule has 1 aromatic heterocycles. The summed E-state index contributed by atoms with van der Waals surface area (Å²) in [5.41, 5.74) is 3.08. The molecule has 0 spiro atoms. The van der Waals surface area contributed by atoms with Crippen LogP contribution in [0.4, 0.5) is 0 Å². The first-order valence-electron chi connectivity index (χ1n) is 10.2. The summed E-state index contributed by atoms with van der Waals surface area (Å²) < 4.78 is 5.57. The molecule has 2 aromatic rings. The summed E-state index contributed by atoms with van der Waals surface area (Å²) in [7, 11) is 0. The van der Waals surface area contributed by atoms with E-state index in [4.69, 9.17) is 4.42 Å². The first-order chi connectivity index (χ1) is 13.1. The van der Waals surface area contributed by atoms with Gasteiger partial charge in [0.05, 0.1) is 6.54 Å². The van der Waals surface area contributed by atoms with E-state index in [0.29, 0.717) is 24.2 Å². The number of oxazole rings is 1. The lowest BCUT2D eigenvalue weighted by Gasteiger charge is -2.25. The van der Waals surface area contributed by atoms with Gasteiger partial charge in [-0.1, -0.05) is 52.0 Å². The molecular weight excluding hydrogens is 350 g/mol. The fourth-order valence-corrected chi connectivity index (χ4v) is 2.83. The molecule has 5 nitrogen and oxygen atoms in total. The smallest absolute Gasteiger partial charge is 0.273 e. The third kappa shape index (κ3) is 6.20. The Kier molecular flexibility index (Phi) is 7.41. The topological polar surface area (TPSA) is 58.4 Å². The maximum Gasteiger partial charge on any atom is 0.273 e. The van der Waals surface area contributed by atoms with Gasteiger partial charge in [-0.25, -0.2) is 4.98 Å². The highest BCUT2D eigenvalue weighted by atomic mass is 16.3. The number of hydrogen-bond acceptors (Lipinski definition) is 4. The molecule has 1 heterocycles. The summed E-state index contributed by atoms with van der Waals surface area (Å²) in [4.78, 5) is 18.9. The van der Waals surface area contributed by atoms with Crippen LogP contribution in [0.3, 0.4) is 0 Å². The van der Waals surface area contributed by atoms with Crippen molar-refractivity contribution in [2.24, 2.45) is 0 Å². The van der Waals surface area contributed by atoms with Crippen LogP contribution in [0.25, 0.3) is 0 Å². The van der Waals surface area contributed by atoms with Gasteiger partial charge in [-0.3, -0.25) is 9.69 Å². The number of nitrogens with one attached hydrogen (secondary N) is 1. The van der Waals surface area contributed by atoms with Crippen LogP contribution in [-0.2, 0) is 18.5 Å². The van der Waals surface area contributed by atoms with Gasteiger partial charge < -0.3 is 9.73 Å². The number of hydrogen-bond donors (Lipinski definition) is 1. The van der Waals surface area contributed by atoms with Crippen molar-refractivity contribution in [3.63, 3.8) is 0 Å². The molecule has 0 aliphatic heterocycles. The van der Waals surface area contributed by atoms with Crippen molar-refractivity contribution >= 4 is 5.91 Å². The van der Waals surface area contributed by atoms with Crippen molar-refractivity contribution in [3.8, 4) is 0 Å². The Morgan fingerprint density at radius 3 is 2.32 bits per heavy atom. The summed E-state index contributed by atoms with van der Waals surface area (Å²) in [5.74, 6) is 0.382. The second-order valence-electron chi connectivity index (χ2n) is 8.85. The molecular formula is C23H35N3O2. The van der Waals surface area contributed by atoms with E-state index in [0.717, 1.165) is 13.0 Å². The summed E-state index contributed by atoms with van der Waals surface area (Å²) in [6, 6.07) is 9.24. The molecule has 0 radical (unpaired) electrons. The molecule has 154 valence electrons. The van der Waals surface area contributed by atoms with Crippen LogP contribution in [-0.4, -0.2) is 27.9 Å². The highest BCUT2D eigenvalue weighted by Crippen LogP contribution is 2.23. The molecule has 28 heavy (non-hydrogen) atoms. The van der Waals surface area contributed by atoms with Crippen LogP contribution in [0, 0.1) is 0 Å². The van der Waals surface area contributed by atoms with Crippen LogP contribution in [0.5, 0.6) is 0 Å². The zero-order valence-electron chi connectivity index (χ0n) is 18.4. The van der Waals surface area contributed by atoms with E-state index in [2.05, 4.69) is 74.1 Å². The predicted octanol–water partition coefficient (Wildman–Crippen LogP) is 4.91. The quantitative estimate of drug-likeness (QED) is 0.701. The molecule has 1 amide bonds. The van der Waals surface area contributed by atoms with Gasteiger partial charge in [-0.2, -0.15) is 0 Å². The Bertz CT molecular complexity index is 757. The Hall–Kier alpha value is -2.14. The molecule has 0 aliphatic carbocycles. The Morgan fingerprint density at radius 2 is 1.79 bits per heavy atom. The van der Waals surface area contributed by atoms with E-state index in [1.54, 1.807) is 0 Å². The normalized spacial score (nSPS) is 13.2. The van der Waals surface area contributed by atoms with Gasteiger partial charge in [0.15, 0.2) is 5.69 Å². The van der Waals surface area contributed by atoms with Gasteiger partial charge in [-0.15, -0.1) is 0 Å². The average molecular weight is 386 g/mol. The molecule has 0 saturated heterocycles. The summed E-state index contributed by atoms with van der Waals surface area (Å²) in [6.45, 7) is 16.4. The maximum absolute atomic E-state index is 12.2. The van der Waals surface area contributed by atoms with Gasteiger partial charge in [0, 0.05) is 18.6 Å². The zero-order valence-corrected chi connectivity index (χ0v) is 18.4. The first-order valence-corrected chi connectivity index (χ1v) is 10.2. The van der Waals surface area contributed by atoms with E-state index >= 15 is 0 Å². The van der Waals surface area contributed by atoms with Crippen LogP contribution < -0.4 is 5.32 Å². The highest BCUT2D eigenvalue weighted by Gasteiger charge is 2.18. The second kappa shape index (κ2) is 9.37. The zero-order chi connectivity index (χ0) is 20.9. The molecule has 5 heteroatoms. The number of rotatable bonds is 8. The van der Waals surface area contributed by atoms with Gasteiger partial charge in [0.25, 0.3) is 5.91 Å². The lowest BCUT2D eigenvalue weighted by Crippen LogP contribution is -2.32. The van der Waals surface area contributed by atoms with E-state index in [1.165, 1.54) is 17.4 Å². The van der Waals surface area contributed by atoms with Crippen molar-refractivity contribution in [1.29, 1.82) is 0 Å². The Labute approximate surface area is 169 Å². The molecule has 1 atom stereocenters. The number of amides is 1. The van der Waals surface area contributed by atoms with E-state index in [1.807, 2.05) is 13.8 Å². The third-order valence-electron chi connectivity index (χ3n) is 5.05.